The van der Waals surface area contributed by atoms with Gasteiger partial charge in [-0.1, -0.05) is 0 Å². The molecule has 1 aromatic rings. The molecule has 0 aliphatic carbocycles. The van der Waals surface area contributed by atoms with Gasteiger partial charge in [0, 0.05) is 51.7 Å². The third-order valence-corrected chi connectivity index (χ3v) is 4.24. The maximum atomic E-state index is 6.14. The standard InChI is InChI=1S/C15H25N7O.HI/c1-20-9-10-23-13(12-20)11-19-14(16)21-5-7-22(8-6-21)15-17-3-2-4-18-15;/h2-4,13H,5-12H2,1H3,(H2,16,19);1H. The Kier molecular flexibility index (Phi) is 7.43. The van der Waals surface area contributed by atoms with Gasteiger partial charge in [0.15, 0.2) is 5.96 Å². The van der Waals surface area contributed by atoms with Crippen LogP contribution in [0.3, 0.4) is 0 Å². The predicted octanol–water partition coefficient (Wildman–Crippen LogP) is -0.138. The van der Waals surface area contributed by atoms with E-state index < -0.39 is 0 Å². The monoisotopic (exact) mass is 447 g/mol. The summed E-state index contributed by atoms with van der Waals surface area (Å²) in [5, 5.41) is 0. The molecule has 2 N–H and O–H groups in total. The lowest BCUT2D eigenvalue weighted by Gasteiger charge is -2.35. The maximum Gasteiger partial charge on any atom is 0.225 e. The fraction of sp³-hybridized carbons (Fsp3) is 0.667. The Hall–Kier alpha value is -1.20. The number of aromatic nitrogens is 2. The van der Waals surface area contributed by atoms with Crippen LogP contribution in [0.15, 0.2) is 23.5 Å². The van der Waals surface area contributed by atoms with Crippen LogP contribution in [0.1, 0.15) is 0 Å². The van der Waals surface area contributed by atoms with Crippen molar-refractivity contribution in [3.63, 3.8) is 0 Å². The first-order valence-electron chi connectivity index (χ1n) is 8.09. The number of aliphatic imine (C=N–C) groups is 1. The zero-order chi connectivity index (χ0) is 16.1. The molecule has 2 saturated heterocycles. The molecule has 0 amide bonds. The minimum Gasteiger partial charge on any atom is -0.374 e. The Morgan fingerprint density at radius 1 is 1.25 bits per heavy atom. The predicted molar refractivity (Wildman–Crippen MR) is 105 cm³/mol. The van der Waals surface area contributed by atoms with E-state index in [4.69, 9.17) is 10.5 Å². The summed E-state index contributed by atoms with van der Waals surface area (Å²) in [4.78, 5) is 19.7. The molecule has 8 nitrogen and oxygen atoms in total. The first-order valence-corrected chi connectivity index (χ1v) is 8.09. The second-order valence-electron chi connectivity index (χ2n) is 5.98. The molecule has 1 aromatic heterocycles. The first kappa shape index (κ1) is 19.1. The molecular weight excluding hydrogens is 421 g/mol. The second kappa shape index (κ2) is 9.33. The quantitative estimate of drug-likeness (QED) is 0.393. The van der Waals surface area contributed by atoms with Crippen LogP contribution >= 0.6 is 24.0 Å². The van der Waals surface area contributed by atoms with Gasteiger partial charge in [0.25, 0.3) is 0 Å². The van der Waals surface area contributed by atoms with Crippen LogP contribution in [0, 0.1) is 0 Å². The number of rotatable bonds is 3. The average Bonchev–Trinajstić information content (AvgIpc) is 2.61. The third kappa shape index (κ3) is 5.15. The summed E-state index contributed by atoms with van der Waals surface area (Å²) in [5.41, 5.74) is 6.14. The third-order valence-electron chi connectivity index (χ3n) is 4.24. The van der Waals surface area contributed by atoms with Crippen LogP contribution in [0.5, 0.6) is 0 Å². The number of guanidine groups is 1. The summed E-state index contributed by atoms with van der Waals surface area (Å²) in [6.07, 6.45) is 3.68. The molecular formula is C15H26IN7O. The highest BCUT2D eigenvalue weighted by molar-refractivity contribution is 14.0. The normalized spacial score (nSPS) is 23.0. The fourth-order valence-electron chi connectivity index (χ4n) is 2.86. The molecule has 0 spiro atoms. The molecule has 9 heteroatoms. The van der Waals surface area contributed by atoms with Crippen molar-refractivity contribution in [2.45, 2.75) is 6.10 Å². The molecule has 1 atom stereocenters. The van der Waals surface area contributed by atoms with E-state index in [-0.39, 0.29) is 30.1 Å². The first-order chi connectivity index (χ1) is 11.2. The van der Waals surface area contributed by atoms with Gasteiger partial charge in [-0.25, -0.2) is 9.97 Å². The molecule has 3 rings (SSSR count). The number of ether oxygens (including phenoxy) is 1. The van der Waals surface area contributed by atoms with Gasteiger partial charge in [0.2, 0.25) is 5.95 Å². The van der Waals surface area contributed by atoms with Crippen molar-refractivity contribution in [2.24, 2.45) is 10.7 Å². The molecule has 134 valence electrons. The highest BCUT2D eigenvalue weighted by Gasteiger charge is 2.21. The highest BCUT2D eigenvalue weighted by Crippen LogP contribution is 2.10. The second-order valence-corrected chi connectivity index (χ2v) is 5.98. The Balaban J connectivity index is 0.00000208. The topological polar surface area (TPSA) is 83.1 Å². The maximum absolute atomic E-state index is 6.14. The number of morpholine rings is 1. The zero-order valence-corrected chi connectivity index (χ0v) is 16.4. The van der Waals surface area contributed by atoms with E-state index in [2.05, 4.69) is 36.7 Å². The fourth-order valence-corrected chi connectivity index (χ4v) is 2.86. The molecule has 0 aromatic carbocycles. The number of nitrogens with two attached hydrogens (primary N) is 1. The molecule has 2 fully saturated rings. The SMILES string of the molecule is CN1CCOC(CN=C(N)N2CCN(c3ncccn3)CC2)C1.I. The van der Waals surface area contributed by atoms with Crippen LogP contribution < -0.4 is 10.6 Å². The van der Waals surface area contributed by atoms with E-state index in [1.165, 1.54) is 0 Å². The number of anilines is 1. The van der Waals surface area contributed by atoms with Gasteiger partial charge in [-0.05, 0) is 13.1 Å². The van der Waals surface area contributed by atoms with Crippen molar-refractivity contribution in [3.8, 4) is 0 Å². The summed E-state index contributed by atoms with van der Waals surface area (Å²) < 4.78 is 5.71. The van der Waals surface area contributed by atoms with Crippen molar-refractivity contribution in [2.75, 3.05) is 64.4 Å². The van der Waals surface area contributed by atoms with Gasteiger partial charge in [-0.15, -0.1) is 24.0 Å². The summed E-state index contributed by atoms with van der Waals surface area (Å²) >= 11 is 0. The van der Waals surface area contributed by atoms with Crippen molar-refractivity contribution < 1.29 is 4.74 Å². The minimum atomic E-state index is 0. The van der Waals surface area contributed by atoms with Crippen molar-refractivity contribution >= 4 is 35.9 Å². The van der Waals surface area contributed by atoms with Crippen molar-refractivity contribution in [1.82, 2.24) is 19.8 Å². The number of likely N-dealkylation sites (N-methyl/N-ethyl adjacent to an activating group) is 1. The Morgan fingerprint density at radius 3 is 2.62 bits per heavy atom. The molecule has 2 aliphatic rings. The summed E-state index contributed by atoms with van der Waals surface area (Å²) in [6, 6.07) is 1.83. The van der Waals surface area contributed by atoms with Gasteiger partial charge in [-0.2, -0.15) is 0 Å². The van der Waals surface area contributed by atoms with E-state index in [0.29, 0.717) is 12.5 Å². The van der Waals surface area contributed by atoms with E-state index in [1.807, 2.05) is 6.07 Å². The largest absolute Gasteiger partial charge is 0.374 e. The Labute approximate surface area is 160 Å². The lowest BCUT2D eigenvalue weighted by atomic mass is 10.3. The molecule has 0 saturated carbocycles. The van der Waals surface area contributed by atoms with Gasteiger partial charge in [0.1, 0.15) is 0 Å². The summed E-state index contributed by atoms with van der Waals surface area (Å²) in [7, 11) is 2.10. The van der Waals surface area contributed by atoms with Crippen LogP contribution in [-0.2, 0) is 4.74 Å². The number of piperazine rings is 1. The molecule has 24 heavy (non-hydrogen) atoms. The van der Waals surface area contributed by atoms with E-state index in [9.17, 15) is 0 Å². The number of halogens is 1. The smallest absolute Gasteiger partial charge is 0.225 e. The summed E-state index contributed by atoms with van der Waals surface area (Å²) in [6.45, 7) is 6.66. The van der Waals surface area contributed by atoms with Crippen molar-refractivity contribution in [1.29, 1.82) is 0 Å². The molecule has 3 heterocycles. The number of nitrogens with zero attached hydrogens (tertiary/aromatic N) is 6. The van der Waals surface area contributed by atoms with Gasteiger partial charge < -0.3 is 25.2 Å². The van der Waals surface area contributed by atoms with Gasteiger partial charge >= 0.3 is 0 Å². The van der Waals surface area contributed by atoms with Crippen LogP contribution in [0.2, 0.25) is 0 Å². The minimum absolute atomic E-state index is 0. The van der Waals surface area contributed by atoms with Crippen molar-refractivity contribution in [3.05, 3.63) is 18.5 Å². The number of hydrogen-bond donors (Lipinski definition) is 1. The molecule has 1 unspecified atom stereocenters. The van der Waals surface area contributed by atoms with E-state index in [1.54, 1.807) is 12.4 Å². The summed E-state index contributed by atoms with van der Waals surface area (Å²) in [5.74, 6) is 1.39. The molecule has 0 bridgehead atoms. The van der Waals surface area contributed by atoms with E-state index in [0.717, 1.165) is 51.8 Å². The lowest BCUT2D eigenvalue weighted by molar-refractivity contribution is -0.0137. The average molecular weight is 447 g/mol. The van der Waals surface area contributed by atoms with Gasteiger partial charge in [-0.3, -0.25) is 4.99 Å². The van der Waals surface area contributed by atoms with Crippen LogP contribution in [-0.4, -0.2) is 91.3 Å². The molecule has 2 aliphatic heterocycles. The molecule has 0 radical (unpaired) electrons. The van der Waals surface area contributed by atoms with Crippen LogP contribution in [0.4, 0.5) is 5.95 Å². The number of hydrogen-bond acceptors (Lipinski definition) is 6. The highest BCUT2D eigenvalue weighted by atomic mass is 127. The Morgan fingerprint density at radius 2 is 1.96 bits per heavy atom. The van der Waals surface area contributed by atoms with Crippen LogP contribution in [0.25, 0.3) is 0 Å². The Bertz CT molecular complexity index is 522. The zero-order valence-electron chi connectivity index (χ0n) is 14.0. The van der Waals surface area contributed by atoms with Gasteiger partial charge in [0.05, 0.1) is 19.3 Å². The van der Waals surface area contributed by atoms with E-state index >= 15 is 0 Å². The lowest BCUT2D eigenvalue weighted by Crippen LogP contribution is -2.52.